The fraction of sp³-hybridized carbons (Fsp3) is 0.818. The lowest BCUT2D eigenvalue weighted by Gasteiger charge is -2.31. The van der Waals surface area contributed by atoms with Crippen LogP contribution in [-0.4, -0.2) is 48.8 Å². The van der Waals surface area contributed by atoms with Gasteiger partial charge in [0.05, 0.1) is 12.6 Å². The molecule has 3 nitrogen and oxygen atoms in total. The molecule has 1 unspecified atom stereocenters. The highest BCUT2D eigenvalue weighted by molar-refractivity contribution is 5.01. The lowest BCUT2D eigenvalue weighted by molar-refractivity contribution is 0.190. The Balaban J connectivity index is 2.25. The molecule has 80 valence electrons. The van der Waals surface area contributed by atoms with Crippen molar-refractivity contribution in [1.82, 2.24) is 10.2 Å². The lowest BCUT2D eigenvalue weighted by atomic mass is 10.1. The second kappa shape index (κ2) is 6.83. The highest BCUT2D eigenvalue weighted by Gasteiger charge is 2.17. The average molecular weight is 196 g/mol. The van der Waals surface area contributed by atoms with Crippen LogP contribution in [0.2, 0.25) is 0 Å². The summed E-state index contributed by atoms with van der Waals surface area (Å²) >= 11 is 0. The second-order valence-corrected chi connectivity index (χ2v) is 3.71. The summed E-state index contributed by atoms with van der Waals surface area (Å²) in [4.78, 5) is 2.36. The third-order valence-electron chi connectivity index (χ3n) is 2.65. The zero-order valence-corrected chi connectivity index (χ0v) is 8.71. The molecule has 1 heterocycles. The monoisotopic (exact) mass is 196 g/mol. The predicted octanol–water partition coefficient (Wildman–Crippen LogP) is 0.0560. The third kappa shape index (κ3) is 3.67. The van der Waals surface area contributed by atoms with E-state index in [1.807, 2.05) is 0 Å². The molecule has 0 saturated carbocycles. The number of terminal acetylenes is 1. The van der Waals surface area contributed by atoms with E-state index in [1.165, 1.54) is 19.3 Å². The minimum absolute atomic E-state index is 0.178. The van der Waals surface area contributed by atoms with Crippen LogP contribution in [0, 0.1) is 12.3 Å². The molecular weight excluding hydrogens is 176 g/mol. The van der Waals surface area contributed by atoms with Crippen molar-refractivity contribution in [2.45, 2.75) is 25.3 Å². The van der Waals surface area contributed by atoms with E-state index in [0.717, 1.165) is 19.6 Å². The first-order valence-electron chi connectivity index (χ1n) is 5.40. The zero-order chi connectivity index (χ0) is 10.2. The molecule has 1 aliphatic heterocycles. The summed E-state index contributed by atoms with van der Waals surface area (Å²) in [6.45, 7) is 3.84. The summed E-state index contributed by atoms with van der Waals surface area (Å²) in [5.41, 5.74) is 0. The van der Waals surface area contributed by atoms with E-state index in [2.05, 4.69) is 16.1 Å². The van der Waals surface area contributed by atoms with Gasteiger partial charge >= 0.3 is 0 Å². The van der Waals surface area contributed by atoms with Crippen LogP contribution >= 0.6 is 0 Å². The minimum Gasteiger partial charge on any atom is -0.395 e. The molecule has 2 N–H and O–H groups in total. The van der Waals surface area contributed by atoms with Gasteiger partial charge in [-0.05, 0) is 25.9 Å². The number of likely N-dealkylation sites (tertiary alicyclic amines) is 1. The van der Waals surface area contributed by atoms with Gasteiger partial charge < -0.3 is 10.4 Å². The normalized spacial score (nSPS) is 20.3. The van der Waals surface area contributed by atoms with Gasteiger partial charge in [-0.25, -0.2) is 0 Å². The van der Waals surface area contributed by atoms with Crippen molar-refractivity contribution in [3.05, 3.63) is 0 Å². The Morgan fingerprint density at radius 1 is 1.36 bits per heavy atom. The number of nitrogens with one attached hydrogen (secondary N) is 1. The molecule has 1 saturated heterocycles. The smallest absolute Gasteiger partial charge is 0.0838 e. The lowest BCUT2D eigenvalue weighted by Crippen LogP contribution is -2.44. The fourth-order valence-electron chi connectivity index (χ4n) is 1.84. The number of aliphatic hydroxyl groups excluding tert-OH is 1. The maximum atomic E-state index is 8.63. The molecule has 0 radical (unpaired) electrons. The quantitative estimate of drug-likeness (QED) is 0.482. The van der Waals surface area contributed by atoms with Gasteiger partial charge in [0.25, 0.3) is 0 Å². The van der Waals surface area contributed by atoms with E-state index < -0.39 is 0 Å². The maximum Gasteiger partial charge on any atom is 0.0838 e. The Kier molecular flexibility index (Phi) is 5.62. The molecule has 0 aromatic heterocycles. The molecule has 1 aliphatic rings. The van der Waals surface area contributed by atoms with Crippen molar-refractivity contribution in [2.24, 2.45) is 0 Å². The predicted molar refractivity (Wildman–Crippen MR) is 58.0 cm³/mol. The molecule has 0 aliphatic carbocycles. The van der Waals surface area contributed by atoms with Crippen molar-refractivity contribution in [3.8, 4) is 12.3 Å². The Labute approximate surface area is 86.5 Å². The van der Waals surface area contributed by atoms with E-state index >= 15 is 0 Å². The Morgan fingerprint density at radius 3 is 2.64 bits per heavy atom. The highest BCUT2D eigenvalue weighted by Crippen LogP contribution is 2.11. The standard InChI is InChI=1S/C11H20N2O/c1-2-11(10-12-6-9-14)13-7-4-3-5-8-13/h1,11-12,14H,3-10H2. The van der Waals surface area contributed by atoms with Gasteiger partial charge in [-0.1, -0.05) is 12.3 Å². The van der Waals surface area contributed by atoms with Gasteiger partial charge in [0, 0.05) is 13.1 Å². The molecule has 1 atom stereocenters. The van der Waals surface area contributed by atoms with Crippen molar-refractivity contribution in [2.75, 3.05) is 32.8 Å². The molecule has 1 rings (SSSR count). The van der Waals surface area contributed by atoms with Crippen LogP contribution in [0.4, 0.5) is 0 Å². The largest absolute Gasteiger partial charge is 0.395 e. The van der Waals surface area contributed by atoms with Gasteiger partial charge in [-0.15, -0.1) is 6.42 Å². The first-order chi connectivity index (χ1) is 6.88. The zero-order valence-electron chi connectivity index (χ0n) is 8.71. The topological polar surface area (TPSA) is 35.5 Å². The molecule has 0 aromatic rings. The minimum atomic E-state index is 0.178. The highest BCUT2D eigenvalue weighted by atomic mass is 16.3. The molecule has 0 bridgehead atoms. The summed E-state index contributed by atoms with van der Waals surface area (Å²) in [7, 11) is 0. The molecule has 1 fully saturated rings. The van der Waals surface area contributed by atoms with Gasteiger partial charge in [0.15, 0.2) is 0 Å². The molecule has 14 heavy (non-hydrogen) atoms. The van der Waals surface area contributed by atoms with Crippen molar-refractivity contribution >= 4 is 0 Å². The number of piperidine rings is 1. The summed E-state index contributed by atoms with van der Waals surface area (Å²) in [6, 6.07) is 0.196. The van der Waals surface area contributed by atoms with Crippen LogP contribution < -0.4 is 5.32 Å². The van der Waals surface area contributed by atoms with Crippen LogP contribution in [0.3, 0.4) is 0 Å². The SMILES string of the molecule is C#CC(CNCCO)N1CCCCC1. The number of nitrogens with zero attached hydrogens (tertiary/aromatic N) is 1. The van der Waals surface area contributed by atoms with Crippen LogP contribution in [0.1, 0.15) is 19.3 Å². The van der Waals surface area contributed by atoms with Crippen LogP contribution in [0.5, 0.6) is 0 Å². The van der Waals surface area contributed by atoms with Gasteiger partial charge in [-0.2, -0.15) is 0 Å². The van der Waals surface area contributed by atoms with Crippen molar-refractivity contribution < 1.29 is 5.11 Å². The molecule has 3 heteroatoms. The fourth-order valence-corrected chi connectivity index (χ4v) is 1.84. The number of hydrogen-bond donors (Lipinski definition) is 2. The Morgan fingerprint density at radius 2 is 2.07 bits per heavy atom. The first kappa shape index (κ1) is 11.5. The first-order valence-corrected chi connectivity index (χ1v) is 5.40. The summed E-state index contributed by atoms with van der Waals surface area (Å²) < 4.78 is 0. The molecule has 0 amide bonds. The van der Waals surface area contributed by atoms with E-state index in [9.17, 15) is 0 Å². The van der Waals surface area contributed by atoms with E-state index in [-0.39, 0.29) is 12.6 Å². The van der Waals surface area contributed by atoms with Crippen LogP contribution in [0.25, 0.3) is 0 Å². The van der Waals surface area contributed by atoms with E-state index in [0.29, 0.717) is 6.54 Å². The Hall–Kier alpha value is -0.560. The van der Waals surface area contributed by atoms with Crippen molar-refractivity contribution in [1.29, 1.82) is 0 Å². The molecule has 0 spiro atoms. The third-order valence-corrected chi connectivity index (χ3v) is 2.65. The Bertz CT molecular complexity index is 182. The maximum absolute atomic E-state index is 8.63. The van der Waals surface area contributed by atoms with Gasteiger partial charge in [0.1, 0.15) is 0 Å². The number of aliphatic hydroxyl groups is 1. The van der Waals surface area contributed by atoms with E-state index in [1.54, 1.807) is 0 Å². The number of rotatable bonds is 5. The molecular formula is C11H20N2O. The number of hydrogen-bond acceptors (Lipinski definition) is 3. The summed E-state index contributed by atoms with van der Waals surface area (Å²) in [5, 5.41) is 11.8. The molecule has 0 aromatic carbocycles. The van der Waals surface area contributed by atoms with Gasteiger partial charge in [0.2, 0.25) is 0 Å². The van der Waals surface area contributed by atoms with E-state index in [4.69, 9.17) is 11.5 Å². The van der Waals surface area contributed by atoms with Crippen molar-refractivity contribution in [3.63, 3.8) is 0 Å². The van der Waals surface area contributed by atoms with Crippen LogP contribution in [-0.2, 0) is 0 Å². The van der Waals surface area contributed by atoms with Crippen LogP contribution in [0.15, 0.2) is 0 Å². The summed E-state index contributed by atoms with van der Waals surface area (Å²) in [6.07, 6.45) is 9.35. The average Bonchev–Trinajstić information content (AvgIpc) is 2.26. The second-order valence-electron chi connectivity index (χ2n) is 3.71. The van der Waals surface area contributed by atoms with Gasteiger partial charge in [-0.3, -0.25) is 4.90 Å². The summed E-state index contributed by atoms with van der Waals surface area (Å²) in [5.74, 6) is 2.81.